The number of nitrogens with zero attached hydrogens (tertiary/aromatic N) is 3. The molecule has 3 unspecified atom stereocenters. The summed E-state index contributed by atoms with van der Waals surface area (Å²) in [5.41, 5.74) is 3.20. The van der Waals surface area contributed by atoms with Crippen LogP contribution in [0.4, 0.5) is 0 Å². The van der Waals surface area contributed by atoms with Gasteiger partial charge in [0, 0.05) is 17.1 Å². The zero-order valence-corrected chi connectivity index (χ0v) is 28.5. The molecule has 1 fully saturated rings. The van der Waals surface area contributed by atoms with E-state index in [4.69, 9.17) is 18.6 Å². The van der Waals surface area contributed by atoms with Gasteiger partial charge in [0.1, 0.15) is 27.9 Å². The lowest BCUT2D eigenvalue weighted by Crippen LogP contribution is -2.71. The summed E-state index contributed by atoms with van der Waals surface area (Å²) in [5.74, 6) is -1.19. The number of furan rings is 1. The Bertz CT molecular complexity index is 1540. The number of hydrogen-bond acceptors (Lipinski definition) is 14. The van der Waals surface area contributed by atoms with Gasteiger partial charge in [-0.15, -0.1) is 23.5 Å². The maximum Gasteiger partial charge on any atom is 0.357 e. The Morgan fingerprint density at radius 3 is 2.67 bits per heavy atom. The number of benzene rings is 1. The fourth-order valence-electron chi connectivity index (χ4n) is 4.41. The molecule has 0 bridgehead atoms. The molecule has 4 heterocycles. The van der Waals surface area contributed by atoms with Gasteiger partial charge in [-0.2, -0.15) is 4.37 Å². The van der Waals surface area contributed by atoms with Gasteiger partial charge >= 0.3 is 11.9 Å². The normalized spacial score (nSPS) is 18.4. The molecule has 2 aliphatic rings. The monoisotopic (exact) mass is 704 g/mol. The first-order chi connectivity index (χ1) is 22.1. The molecule has 2 aromatic heterocycles. The minimum atomic E-state index is -0.867. The number of amides is 2. The highest BCUT2D eigenvalue weighted by molar-refractivity contribution is 8.01. The number of carbonyl (C=O) groups is 4. The molecule has 0 radical (unpaired) electrons. The van der Waals surface area contributed by atoms with Crippen molar-refractivity contribution in [2.24, 2.45) is 5.41 Å². The summed E-state index contributed by atoms with van der Waals surface area (Å²) in [6.07, 6.45) is 2.97. The van der Waals surface area contributed by atoms with Gasteiger partial charge in [-0.05, 0) is 49.5 Å². The van der Waals surface area contributed by atoms with E-state index < -0.39 is 46.7 Å². The molecule has 0 saturated carbocycles. The van der Waals surface area contributed by atoms with Crippen molar-refractivity contribution >= 4 is 70.6 Å². The fraction of sp³-hybridized carbons (Fsp3) is 0.400. The first kappa shape index (κ1) is 34.0. The van der Waals surface area contributed by atoms with Crippen molar-refractivity contribution in [1.82, 2.24) is 19.6 Å². The van der Waals surface area contributed by atoms with Gasteiger partial charge in [0.05, 0.1) is 30.5 Å². The van der Waals surface area contributed by atoms with Crippen LogP contribution in [0.3, 0.4) is 0 Å². The maximum atomic E-state index is 13.6. The Kier molecular flexibility index (Phi) is 11.5. The third kappa shape index (κ3) is 8.34. The predicted molar refractivity (Wildman–Crippen MR) is 174 cm³/mol. The summed E-state index contributed by atoms with van der Waals surface area (Å²) < 4.78 is 25.6. The van der Waals surface area contributed by atoms with Crippen LogP contribution in [0, 0.1) is 5.41 Å². The molecule has 1 aromatic carbocycles. The highest BCUT2D eigenvalue weighted by Gasteiger charge is 2.54. The van der Waals surface area contributed by atoms with Gasteiger partial charge in [-0.25, -0.2) is 9.78 Å². The van der Waals surface area contributed by atoms with Crippen LogP contribution in [-0.4, -0.2) is 73.7 Å². The van der Waals surface area contributed by atoms with Crippen LogP contribution >= 0.6 is 46.8 Å². The van der Waals surface area contributed by atoms with Crippen LogP contribution in [0.2, 0.25) is 0 Å². The van der Waals surface area contributed by atoms with E-state index in [9.17, 15) is 19.2 Å². The summed E-state index contributed by atoms with van der Waals surface area (Å²) in [5, 5.41) is 2.20. The molecule has 1 saturated heterocycles. The standard InChI is InChI=1S/C30H32N4O8S4/c1-30(2,3)28(38)42-16-41-27(37)22-20(14-44-29-31-15-46-33-29)13-43-26-21(25(36)34(22)26)32-24(35)23(19-9-10-39-12-19)45-17-40-11-18-7-5-4-6-8-18/h4-10,12,15,21,23,26H,11,13-14,16-17H2,1-3H3,(H,32,35). The third-order valence-electron chi connectivity index (χ3n) is 6.76. The number of carbonyl (C=O) groups excluding carboxylic acids is 4. The molecule has 0 aliphatic carbocycles. The average Bonchev–Trinajstić information content (AvgIpc) is 3.77. The highest BCUT2D eigenvalue weighted by atomic mass is 32.2. The number of hydrogen-bond donors (Lipinski definition) is 1. The highest BCUT2D eigenvalue weighted by Crippen LogP contribution is 2.42. The molecule has 244 valence electrons. The SMILES string of the molecule is CC(C)(C)C(=O)OCOC(=O)C1=C(CSc2ncsn2)CSC2C(NC(=O)C(SCOCc3ccccc3)c3ccoc3)C(=O)N12. The molecule has 0 spiro atoms. The van der Waals surface area contributed by atoms with Crippen molar-refractivity contribution in [3.8, 4) is 0 Å². The van der Waals surface area contributed by atoms with Gasteiger partial charge in [-0.3, -0.25) is 19.3 Å². The molecule has 3 aromatic rings. The Balaban J connectivity index is 1.25. The van der Waals surface area contributed by atoms with E-state index in [1.807, 2.05) is 30.3 Å². The van der Waals surface area contributed by atoms with Gasteiger partial charge in [0.25, 0.3) is 5.91 Å². The van der Waals surface area contributed by atoms with E-state index in [2.05, 4.69) is 14.7 Å². The van der Waals surface area contributed by atoms with E-state index in [0.29, 0.717) is 34.4 Å². The number of nitrogens with one attached hydrogen (secondary N) is 1. The molecular weight excluding hydrogens is 673 g/mol. The molecule has 12 nitrogen and oxygen atoms in total. The van der Waals surface area contributed by atoms with Gasteiger partial charge < -0.3 is 23.9 Å². The summed E-state index contributed by atoms with van der Waals surface area (Å²) in [4.78, 5) is 58.1. The molecule has 16 heteroatoms. The van der Waals surface area contributed by atoms with E-state index in [0.717, 1.165) is 5.56 Å². The molecule has 2 aliphatic heterocycles. The van der Waals surface area contributed by atoms with E-state index >= 15 is 0 Å². The van der Waals surface area contributed by atoms with Crippen LogP contribution in [0.25, 0.3) is 0 Å². The van der Waals surface area contributed by atoms with Crippen LogP contribution in [0.15, 0.2) is 75.3 Å². The third-order valence-corrected chi connectivity index (χ3v) is 10.8. The second-order valence-electron chi connectivity index (χ2n) is 11.1. The number of β-lactam (4-membered cyclic amide) rings is 1. The van der Waals surface area contributed by atoms with Crippen molar-refractivity contribution < 1.29 is 37.8 Å². The second kappa shape index (κ2) is 15.5. The van der Waals surface area contributed by atoms with Crippen LogP contribution in [0.5, 0.6) is 0 Å². The number of fused-ring (bicyclic) bond motifs is 1. The number of rotatable bonds is 14. The van der Waals surface area contributed by atoms with Crippen molar-refractivity contribution in [3.63, 3.8) is 0 Å². The lowest BCUT2D eigenvalue weighted by Gasteiger charge is -2.49. The lowest BCUT2D eigenvalue weighted by atomic mass is 9.98. The Hall–Kier alpha value is -3.31. The maximum absolute atomic E-state index is 13.6. The molecule has 1 N–H and O–H groups in total. The Morgan fingerprint density at radius 2 is 1.98 bits per heavy atom. The number of ether oxygens (including phenoxy) is 3. The van der Waals surface area contributed by atoms with Crippen LogP contribution in [-0.2, 0) is 40.0 Å². The minimum absolute atomic E-state index is 0.0730. The van der Waals surface area contributed by atoms with E-state index in [1.54, 1.807) is 32.3 Å². The summed E-state index contributed by atoms with van der Waals surface area (Å²) in [6.45, 7) is 4.85. The van der Waals surface area contributed by atoms with Crippen molar-refractivity contribution in [2.75, 3.05) is 24.2 Å². The second-order valence-corrected chi connectivity index (χ2v) is 14.8. The van der Waals surface area contributed by atoms with Crippen molar-refractivity contribution in [1.29, 1.82) is 0 Å². The summed E-state index contributed by atoms with van der Waals surface area (Å²) in [7, 11) is 0. The molecule has 2 amide bonds. The van der Waals surface area contributed by atoms with Gasteiger partial charge in [-0.1, -0.05) is 42.1 Å². The quantitative estimate of drug-likeness (QED) is 0.0819. The fourth-order valence-corrected chi connectivity index (χ4v) is 8.15. The molecule has 5 rings (SSSR count). The van der Waals surface area contributed by atoms with Gasteiger partial charge in [0.15, 0.2) is 5.16 Å². The number of esters is 2. The number of thioether (sulfide) groups is 3. The smallest absolute Gasteiger partial charge is 0.357 e. The predicted octanol–water partition coefficient (Wildman–Crippen LogP) is 4.62. The summed E-state index contributed by atoms with van der Waals surface area (Å²) >= 11 is 5.24. The molecule has 46 heavy (non-hydrogen) atoms. The largest absolute Gasteiger partial charge is 0.472 e. The minimum Gasteiger partial charge on any atom is -0.472 e. The number of aromatic nitrogens is 2. The van der Waals surface area contributed by atoms with Crippen LogP contribution < -0.4 is 5.32 Å². The molecular formula is C30H32N4O8S4. The zero-order chi connectivity index (χ0) is 32.7. The van der Waals surface area contributed by atoms with Crippen molar-refractivity contribution in [3.05, 3.63) is 76.8 Å². The molecule has 3 atom stereocenters. The van der Waals surface area contributed by atoms with E-state index in [-0.39, 0.29) is 17.5 Å². The first-order valence-electron chi connectivity index (χ1n) is 14.1. The Morgan fingerprint density at radius 1 is 1.17 bits per heavy atom. The van der Waals surface area contributed by atoms with Crippen LogP contribution in [0.1, 0.15) is 37.1 Å². The topological polar surface area (TPSA) is 150 Å². The van der Waals surface area contributed by atoms with E-state index in [1.165, 1.54) is 64.2 Å². The Labute approximate surface area is 282 Å². The summed E-state index contributed by atoms with van der Waals surface area (Å²) in [6, 6.07) is 10.5. The zero-order valence-electron chi connectivity index (χ0n) is 25.2. The van der Waals surface area contributed by atoms with Gasteiger partial charge in [0.2, 0.25) is 12.7 Å². The average molecular weight is 705 g/mol. The van der Waals surface area contributed by atoms with Crippen molar-refractivity contribution in [2.45, 2.75) is 49.2 Å². The first-order valence-corrected chi connectivity index (χ1v) is 18.0. The lowest BCUT2D eigenvalue weighted by molar-refractivity contribution is -0.173.